The first-order valence-corrected chi connectivity index (χ1v) is 8.72. The highest BCUT2D eigenvalue weighted by Crippen LogP contribution is 2.19. The van der Waals surface area contributed by atoms with Crippen LogP contribution in [0.25, 0.3) is 0 Å². The van der Waals surface area contributed by atoms with Gasteiger partial charge < -0.3 is 4.90 Å². The summed E-state index contributed by atoms with van der Waals surface area (Å²) in [5.74, 6) is 0. The summed E-state index contributed by atoms with van der Waals surface area (Å²) in [5.41, 5.74) is 0. The van der Waals surface area contributed by atoms with E-state index >= 15 is 0 Å². The second-order valence-electron chi connectivity index (χ2n) is 6.57. The van der Waals surface area contributed by atoms with E-state index in [9.17, 15) is 0 Å². The number of rotatable bonds is 6. The van der Waals surface area contributed by atoms with E-state index < -0.39 is 0 Å². The average Bonchev–Trinajstić information content (AvgIpc) is 3.03. The monoisotopic (exact) mass is 291 g/mol. The van der Waals surface area contributed by atoms with Crippen LogP contribution in [-0.4, -0.2) is 63.6 Å². The van der Waals surface area contributed by atoms with Crippen LogP contribution in [0.4, 0.5) is 0 Å². The van der Waals surface area contributed by atoms with Crippen molar-refractivity contribution in [3.05, 3.63) is 12.4 Å². The van der Waals surface area contributed by atoms with Gasteiger partial charge in [-0.05, 0) is 64.8 Å². The first-order valence-electron chi connectivity index (χ1n) is 8.72. The average molecular weight is 291 g/mol. The molecule has 0 amide bonds. The van der Waals surface area contributed by atoms with Crippen LogP contribution in [0.5, 0.6) is 0 Å². The van der Waals surface area contributed by atoms with Crippen molar-refractivity contribution in [2.45, 2.75) is 57.5 Å². The van der Waals surface area contributed by atoms with Gasteiger partial charge >= 0.3 is 0 Å². The van der Waals surface area contributed by atoms with E-state index in [1.165, 1.54) is 77.7 Å². The predicted molar refractivity (Wildman–Crippen MR) is 84.1 cm³/mol. The third-order valence-corrected chi connectivity index (χ3v) is 4.99. The summed E-state index contributed by atoms with van der Waals surface area (Å²) >= 11 is 0. The van der Waals surface area contributed by atoms with E-state index in [1.807, 2.05) is 10.9 Å². The molecular formula is C16H29N5. The second kappa shape index (κ2) is 7.90. The van der Waals surface area contributed by atoms with Crippen LogP contribution >= 0.6 is 0 Å². The Balaban J connectivity index is 1.43. The molecule has 5 nitrogen and oxygen atoms in total. The lowest BCUT2D eigenvalue weighted by molar-refractivity contribution is 0.119. The molecular weight excluding hydrogens is 262 g/mol. The van der Waals surface area contributed by atoms with Gasteiger partial charge in [-0.2, -0.15) is 0 Å². The number of aromatic nitrogens is 3. The molecule has 2 saturated heterocycles. The van der Waals surface area contributed by atoms with Gasteiger partial charge in [-0.3, -0.25) is 9.58 Å². The van der Waals surface area contributed by atoms with Gasteiger partial charge in [-0.25, -0.2) is 0 Å². The van der Waals surface area contributed by atoms with Gasteiger partial charge in [0.15, 0.2) is 0 Å². The Morgan fingerprint density at radius 3 is 2.62 bits per heavy atom. The Bertz CT molecular complexity index is 385. The van der Waals surface area contributed by atoms with Crippen molar-refractivity contribution in [2.24, 2.45) is 0 Å². The molecule has 2 aliphatic heterocycles. The van der Waals surface area contributed by atoms with Gasteiger partial charge in [0.2, 0.25) is 0 Å². The highest BCUT2D eigenvalue weighted by atomic mass is 15.4. The fourth-order valence-electron chi connectivity index (χ4n) is 3.79. The topological polar surface area (TPSA) is 37.2 Å². The van der Waals surface area contributed by atoms with E-state index in [0.717, 1.165) is 6.54 Å². The standard InChI is InChI=1S/C16H29N5/c1-3-9-19(10-4-1)11-6-13-20-12-5-2-7-16(20)15-21-14-8-17-18-21/h8,14,16H,1-7,9-13,15H2/t16-/m0/s1. The Labute approximate surface area is 128 Å². The first kappa shape index (κ1) is 15.0. The normalized spacial score (nSPS) is 25.2. The minimum atomic E-state index is 0.654. The molecule has 0 N–H and O–H groups in total. The molecule has 2 fully saturated rings. The van der Waals surface area contributed by atoms with E-state index in [1.54, 1.807) is 6.20 Å². The Morgan fingerprint density at radius 2 is 1.81 bits per heavy atom. The maximum atomic E-state index is 4.13. The maximum Gasteiger partial charge on any atom is 0.0692 e. The minimum absolute atomic E-state index is 0.654. The van der Waals surface area contributed by atoms with Gasteiger partial charge in [0, 0.05) is 12.2 Å². The molecule has 1 atom stereocenters. The molecule has 0 spiro atoms. The zero-order valence-corrected chi connectivity index (χ0v) is 13.2. The number of hydrogen-bond acceptors (Lipinski definition) is 4. The smallest absolute Gasteiger partial charge is 0.0692 e. The molecule has 1 aromatic heterocycles. The lowest BCUT2D eigenvalue weighted by atomic mass is 10.0. The first-order chi connectivity index (χ1) is 10.4. The highest BCUT2D eigenvalue weighted by Gasteiger charge is 2.22. The molecule has 0 aliphatic carbocycles. The van der Waals surface area contributed by atoms with Gasteiger partial charge in [-0.1, -0.05) is 18.1 Å². The van der Waals surface area contributed by atoms with Crippen molar-refractivity contribution in [3.63, 3.8) is 0 Å². The van der Waals surface area contributed by atoms with E-state index in [4.69, 9.17) is 0 Å². The fraction of sp³-hybridized carbons (Fsp3) is 0.875. The van der Waals surface area contributed by atoms with Crippen molar-refractivity contribution in [3.8, 4) is 0 Å². The molecule has 5 heteroatoms. The lowest BCUT2D eigenvalue weighted by Crippen LogP contribution is -2.43. The third-order valence-electron chi connectivity index (χ3n) is 4.99. The van der Waals surface area contributed by atoms with Gasteiger partial charge in [-0.15, -0.1) is 5.10 Å². The lowest BCUT2D eigenvalue weighted by Gasteiger charge is -2.36. The quantitative estimate of drug-likeness (QED) is 0.803. The zero-order chi connectivity index (χ0) is 14.3. The fourth-order valence-corrected chi connectivity index (χ4v) is 3.79. The van der Waals surface area contributed by atoms with Crippen molar-refractivity contribution >= 4 is 0 Å². The van der Waals surface area contributed by atoms with Crippen LogP contribution in [-0.2, 0) is 6.54 Å². The molecule has 0 bridgehead atoms. The van der Waals surface area contributed by atoms with Gasteiger partial charge in [0.05, 0.1) is 12.7 Å². The predicted octanol–water partition coefficient (Wildman–Crippen LogP) is 2.01. The Hall–Kier alpha value is -0.940. The molecule has 21 heavy (non-hydrogen) atoms. The molecule has 3 heterocycles. The largest absolute Gasteiger partial charge is 0.303 e. The highest BCUT2D eigenvalue weighted by molar-refractivity contribution is 4.79. The zero-order valence-electron chi connectivity index (χ0n) is 13.2. The Morgan fingerprint density at radius 1 is 0.952 bits per heavy atom. The van der Waals surface area contributed by atoms with Crippen LogP contribution in [0.2, 0.25) is 0 Å². The number of likely N-dealkylation sites (tertiary alicyclic amines) is 2. The summed E-state index contributed by atoms with van der Waals surface area (Å²) in [5, 5.41) is 8.05. The summed E-state index contributed by atoms with van der Waals surface area (Å²) in [7, 11) is 0. The molecule has 0 aromatic carbocycles. The van der Waals surface area contributed by atoms with Crippen LogP contribution in [0.15, 0.2) is 12.4 Å². The third kappa shape index (κ3) is 4.51. The van der Waals surface area contributed by atoms with Crippen LogP contribution in [0.1, 0.15) is 44.9 Å². The summed E-state index contributed by atoms with van der Waals surface area (Å²) in [6.45, 7) is 7.44. The van der Waals surface area contributed by atoms with Crippen molar-refractivity contribution in [2.75, 3.05) is 32.7 Å². The van der Waals surface area contributed by atoms with E-state index in [2.05, 4.69) is 20.1 Å². The number of nitrogens with zero attached hydrogens (tertiary/aromatic N) is 5. The Kier molecular flexibility index (Phi) is 5.63. The van der Waals surface area contributed by atoms with Crippen LogP contribution in [0.3, 0.4) is 0 Å². The summed E-state index contributed by atoms with van der Waals surface area (Å²) < 4.78 is 1.99. The second-order valence-corrected chi connectivity index (χ2v) is 6.57. The van der Waals surface area contributed by atoms with E-state index in [-0.39, 0.29) is 0 Å². The molecule has 0 saturated carbocycles. The molecule has 118 valence electrons. The number of piperidine rings is 2. The van der Waals surface area contributed by atoms with Gasteiger partial charge in [0.1, 0.15) is 0 Å². The molecule has 0 radical (unpaired) electrons. The minimum Gasteiger partial charge on any atom is -0.303 e. The van der Waals surface area contributed by atoms with Crippen molar-refractivity contribution in [1.82, 2.24) is 24.8 Å². The molecule has 3 rings (SSSR count). The summed E-state index contributed by atoms with van der Waals surface area (Å²) in [6.07, 6.45) is 13.3. The SMILES string of the molecule is c1cn(C[C@@H]2CCCCN2CCCN2CCCCC2)nn1. The van der Waals surface area contributed by atoms with Crippen LogP contribution in [0, 0.1) is 0 Å². The van der Waals surface area contributed by atoms with Gasteiger partial charge in [0.25, 0.3) is 0 Å². The molecule has 1 aromatic rings. The van der Waals surface area contributed by atoms with Crippen molar-refractivity contribution < 1.29 is 0 Å². The van der Waals surface area contributed by atoms with Crippen molar-refractivity contribution in [1.29, 1.82) is 0 Å². The van der Waals surface area contributed by atoms with E-state index in [0.29, 0.717) is 6.04 Å². The molecule has 2 aliphatic rings. The summed E-state index contributed by atoms with van der Waals surface area (Å²) in [6, 6.07) is 0.654. The van der Waals surface area contributed by atoms with Crippen LogP contribution < -0.4 is 0 Å². The maximum absolute atomic E-state index is 4.13. The molecule has 0 unspecified atom stereocenters. The summed E-state index contributed by atoms with van der Waals surface area (Å²) in [4.78, 5) is 5.34. The number of hydrogen-bond donors (Lipinski definition) is 0.